The van der Waals surface area contributed by atoms with E-state index in [9.17, 15) is 4.39 Å². The van der Waals surface area contributed by atoms with E-state index in [-0.39, 0.29) is 11.4 Å². The van der Waals surface area contributed by atoms with Gasteiger partial charge < -0.3 is 15.4 Å². The van der Waals surface area contributed by atoms with Crippen LogP contribution in [0.2, 0.25) is 0 Å². The molecular weight excluding hydrogens is 405 g/mol. The van der Waals surface area contributed by atoms with E-state index in [0.29, 0.717) is 6.04 Å². The molecule has 0 amide bonds. The molecule has 3 saturated heterocycles. The highest BCUT2D eigenvalue weighted by atomic mass is 19.1. The zero-order valence-corrected chi connectivity index (χ0v) is 19.6. The fourth-order valence-corrected chi connectivity index (χ4v) is 5.34. The smallest absolute Gasteiger partial charge is 0.191 e. The molecule has 0 aromatic heterocycles. The molecule has 2 N–H and O–H groups in total. The maximum absolute atomic E-state index is 13.1. The lowest BCUT2D eigenvalue weighted by Crippen LogP contribution is -2.54. The van der Waals surface area contributed by atoms with Crippen LogP contribution >= 0.6 is 0 Å². The maximum Gasteiger partial charge on any atom is 0.191 e. The topological polar surface area (TPSA) is 52.1 Å². The van der Waals surface area contributed by atoms with Crippen LogP contribution < -0.4 is 10.6 Å². The highest BCUT2D eigenvalue weighted by Crippen LogP contribution is 2.31. The highest BCUT2D eigenvalue weighted by molar-refractivity contribution is 5.80. The summed E-state index contributed by atoms with van der Waals surface area (Å²) < 4.78 is 18.8. The fourth-order valence-electron chi connectivity index (χ4n) is 5.34. The second-order valence-electron chi connectivity index (χ2n) is 9.55. The van der Waals surface area contributed by atoms with Crippen LogP contribution in [-0.2, 0) is 11.3 Å². The summed E-state index contributed by atoms with van der Waals surface area (Å²) >= 11 is 0. The van der Waals surface area contributed by atoms with E-state index in [1.807, 2.05) is 12.1 Å². The molecule has 0 aliphatic carbocycles. The van der Waals surface area contributed by atoms with Crippen LogP contribution in [0.4, 0.5) is 4.39 Å². The van der Waals surface area contributed by atoms with Crippen molar-refractivity contribution in [3.8, 4) is 0 Å². The van der Waals surface area contributed by atoms with Crippen molar-refractivity contribution in [1.82, 2.24) is 20.4 Å². The lowest BCUT2D eigenvalue weighted by Gasteiger charge is -2.43. The largest absolute Gasteiger partial charge is 0.381 e. The summed E-state index contributed by atoms with van der Waals surface area (Å²) in [6.07, 6.45) is 6.96. The molecule has 1 aromatic rings. The summed E-state index contributed by atoms with van der Waals surface area (Å²) in [5.41, 5.74) is 1.34. The summed E-state index contributed by atoms with van der Waals surface area (Å²) in [4.78, 5) is 10.2. The first-order valence-electron chi connectivity index (χ1n) is 12.5. The monoisotopic (exact) mass is 445 g/mol. The van der Waals surface area contributed by atoms with Gasteiger partial charge in [-0.05, 0) is 76.2 Å². The van der Waals surface area contributed by atoms with Gasteiger partial charge in [-0.25, -0.2) is 4.39 Å². The summed E-state index contributed by atoms with van der Waals surface area (Å²) in [6, 6.07) is 7.32. The minimum Gasteiger partial charge on any atom is -0.381 e. The Bertz CT molecular complexity index is 720. The number of nitrogens with zero attached hydrogens (tertiary/aromatic N) is 3. The van der Waals surface area contributed by atoms with Crippen LogP contribution in [-0.4, -0.2) is 79.8 Å². The molecule has 0 unspecified atom stereocenters. The van der Waals surface area contributed by atoms with Gasteiger partial charge in [-0.15, -0.1) is 0 Å². The second-order valence-corrected chi connectivity index (χ2v) is 9.55. The molecule has 3 fully saturated rings. The Morgan fingerprint density at radius 1 is 1.09 bits per heavy atom. The summed E-state index contributed by atoms with van der Waals surface area (Å²) in [5.74, 6) is 0.786. The predicted molar refractivity (Wildman–Crippen MR) is 127 cm³/mol. The number of halogens is 1. The molecule has 178 valence electrons. The third kappa shape index (κ3) is 6.21. The van der Waals surface area contributed by atoms with Crippen LogP contribution in [0.15, 0.2) is 29.3 Å². The predicted octanol–water partition coefficient (Wildman–Crippen LogP) is 2.99. The average molecular weight is 446 g/mol. The minimum absolute atomic E-state index is 0.162. The first kappa shape index (κ1) is 23.5. The van der Waals surface area contributed by atoms with Crippen LogP contribution in [0.1, 0.15) is 51.0 Å². The molecule has 3 aliphatic heterocycles. The van der Waals surface area contributed by atoms with Crippen molar-refractivity contribution in [3.63, 3.8) is 0 Å². The molecule has 0 atom stereocenters. The number of aliphatic imine (C=N–C) groups is 1. The van der Waals surface area contributed by atoms with Gasteiger partial charge >= 0.3 is 0 Å². The molecular formula is C25H40FN5O. The van der Waals surface area contributed by atoms with Gasteiger partial charge in [0.15, 0.2) is 5.96 Å². The third-order valence-corrected chi connectivity index (χ3v) is 7.32. The van der Waals surface area contributed by atoms with Crippen molar-refractivity contribution in [2.75, 3.05) is 52.5 Å². The van der Waals surface area contributed by atoms with Crippen molar-refractivity contribution in [2.24, 2.45) is 4.99 Å². The van der Waals surface area contributed by atoms with Crippen molar-refractivity contribution in [3.05, 3.63) is 35.6 Å². The lowest BCUT2D eigenvalue weighted by atomic mass is 9.88. The zero-order valence-electron chi connectivity index (χ0n) is 19.6. The second kappa shape index (κ2) is 11.4. The van der Waals surface area contributed by atoms with Crippen molar-refractivity contribution < 1.29 is 9.13 Å². The van der Waals surface area contributed by atoms with E-state index in [4.69, 9.17) is 9.73 Å². The first-order chi connectivity index (χ1) is 15.7. The number of hydrogen-bond donors (Lipinski definition) is 2. The molecule has 0 saturated carbocycles. The average Bonchev–Trinajstić information content (AvgIpc) is 3.37. The maximum atomic E-state index is 13.1. The summed E-state index contributed by atoms with van der Waals surface area (Å²) in [5, 5.41) is 7.18. The van der Waals surface area contributed by atoms with Gasteiger partial charge in [0.05, 0.1) is 6.54 Å². The van der Waals surface area contributed by atoms with E-state index < -0.39 is 0 Å². The molecule has 1 aromatic carbocycles. The van der Waals surface area contributed by atoms with E-state index in [2.05, 4.69) is 27.4 Å². The number of hydrogen-bond acceptors (Lipinski definition) is 4. The Kier molecular flexibility index (Phi) is 8.38. The Labute approximate surface area is 192 Å². The van der Waals surface area contributed by atoms with Crippen LogP contribution in [0.5, 0.6) is 0 Å². The Morgan fingerprint density at radius 3 is 2.44 bits per heavy atom. The molecule has 3 aliphatic rings. The van der Waals surface area contributed by atoms with E-state index in [1.165, 1.54) is 31.5 Å². The van der Waals surface area contributed by atoms with Gasteiger partial charge in [0.25, 0.3) is 0 Å². The highest BCUT2D eigenvalue weighted by Gasteiger charge is 2.39. The summed E-state index contributed by atoms with van der Waals surface area (Å²) in [6.45, 7) is 10.9. The minimum atomic E-state index is -0.167. The lowest BCUT2D eigenvalue weighted by molar-refractivity contribution is -0.0139. The van der Waals surface area contributed by atoms with E-state index >= 15 is 0 Å². The van der Waals surface area contributed by atoms with Gasteiger partial charge in [-0.2, -0.15) is 0 Å². The van der Waals surface area contributed by atoms with E-state index in [1.54, 1.807) is 12.1 Å². The van der Waals surface area contributed by atoms with Gasteiger partial charge in [-0.3, -0.25) is 14.8 Å². The van der Waals surface area contributed by atoms with Crippen molar-refractivity contribution in [2.45, 2.75) is 63.6 Å². The van der Waals surface area contributed by atoms with Gasteiger partial charge in [0, 0.05) is 51.0 Å². The van der Waals surface area contributed by atoms with Crippen LogP contribution in [0.25, 0.3) is 0 Å². The number of likely N-dealkylation sites (tertiary alicyclic amines) is 2. The number of benzene rings is 1. The SMILES string of the molecule is CCNC(=NCC1(N2CCCC2)CCOCC1)NC1CCN(Cc2ccc(F)cc2)CC1. The molecule has 0 spiro atoms. The molecule has 4 rings (SSSR count). The number of nitrogens with one attached hydrogen (secondary N) is 2. The molecule has 3 heterocycles. The zero-order chi connectivity index (χ0) is 22.2. The van der Waals surface area contributed by atoms with E-state index in [0.717, 1.165) is 77.6 Å². The summed E-state index contributed by atoms with van der Waals surface area (Å²) in [7, 11) is 0. The van der Waals surface area contributed by atoms with Crippen LogP contribution in [0.3, 0.4) is 0 Å². The number of piperidine rings is 1. The molecule has 32 heavy (non-hydrogen) atoms. The quantitative estimate of drug-likeness (QED) is 0.499. The number of ether oxygens (including phenoxy) is 1. The van der Waals surface area contributed by atoms with Gasteiger partial charge in [0.1, 0.15) is 5.82 Å². The van der Waals surface area contributed by atoms with Crippen molar-refractivity contribution in [1.29, 1.82) is 0 Å². The first-order valence-corrected chi connectivity index (χ1v) is 12.5. The number of rotatable bonds is 7. The molecule has 0 radical (unpaired) electrons. The molecule has 6 nitrogen and oxygen atoms in total. The van der Waals surface area contributed by atoms with Crippen molar-refractivity contribution >= 4 is 5.96 Å². The molecule has 7 heteroatoms. The normalized spacial score (nSPS) is 23.4. The van der Waals surface area contributed by atoms with Gasteiger partial charge in [0.2, 0.25) is 0 Å². The Balaban J connectivity index is 1.31. The Morgan fingerprint density at radius 2 is 1.78 bits per heavy atom. The standard InChI is InChI=1S/C25H40FN5O/c1-2-27-24(28-20-25(11-17-32-18-12-25)31-13-3-4-14-31)29-23-9-15-30(16-10-23)19-21-5-7-22(26)8-6-21/h5-8,23H,2-4,9-20H2,1H3,(H2,27,28,29). The van der Waals surface area contributed by atoms with Crippen LogP contribution in [0, 0.1) is 5.82 Å². The Hall–Kier alpha value is -1.70. The number of guanidine groups is 1. The third-order valence-electron chi connectivity index (χ3n) is 7.32. The molecule has 0 bridgehead atoms. The van der Waals surface area contributed by atoms with Gasteiger partial charge in [-0.1, -0.05) is 12.1 Å². The fraction of sp³-hybridized carbons (Fsp3) is 0.720.